The van der Waals surface area contributed by atoms with E-state index in [-0.39, 0.29) is 19.4 Å². The zero-order valence-corrected chi connectivity index (χ0v) is 36.5. The van der Waals surface area contributed by atoms with Gasteiger partial charge in [-0.3, -0.25) is 18.6 Å². The first-order valence-electron chi connectivity index (χ1n) is 21.7. The highest BCUT2D eigenvalue weighted by molar-refractivity contribution is 7.47. The third kappa shape index (κ3) is 39.9. The average molecular weight is 837 g/mol. The summed E-state index contributed by atoms with van der Waals surface area (Å²) in [4.78, 5) is 35.0. The molecule has 1 unspecified atom stereocenters. The lowest BCUT2D eigenvalue weighted by atomic mass is 10.1. The molecule has 0 aliphatic heterocycles. The van der Waals surface area contributed by atoms with Crippen LogP contribution >= 0.6 is 7.82 Å². The van der Waals surface area contributed by atoms with E-state index in [9.17, 15) is 29.3 Å². The highest BCUT2D eigenvalue weighted by Crippen LogP contribution is 2.43. The Morgan fingerprint density at radius 1 is 0.586 bits per heavy atom. The first-order chi connectivity index (χ1) is 28.1. The predicted octanol–water partition coefficient (Wildman–Crippen LogP) is 10.4. The Hall–Kier alpha value is -2.89. The second kappa shape index (κ2) is 40.9. The van der Waals surface area contributed by atoms with Crippen molar-refractivity contribution in [3.8, 4) is 0 Å². The van der Waals surface area contributed by atoms with Crippen molar-refractivity contribution in [3.05, 3.63) is 85.1 Å². The van der Waals surface area contributed by atoms with Gasteiger partial charge in [0, 0.05) is 12.8 Å². The Labute approximate surface area is 350 Å². The summed E-state index contributed by atoms with van der Waals surface area (Å²) in [5.41, 5.74) is 0. The lowest BCUT2D eigenvalue weighted by molar-refractivity contribution is -0.161. The summed E-state index contributed by atoms with van der Waals surface area (Å²) in [6.45, 7) is 2.12. The van der Waals surface area contributed by atoms with Crippen LogP contribution in [0.3, 0.4) is 0 Å². The highest BCUT2D eigenvalue weighted by atomic mass is 31.2. The van der Waals surface area contributed by atoms with Crippen LogP contribution in [0.1, 0.15) is 149 Å². The normalized spacial score (nSPS) is 15.2. The first kappa shape index (κ1) is 55.1. The second-order valence-corrected chi connectivity index (χ2v) is 15.7. The van der Waals surface area contributed by atoms with Crippen molar-refractivity contribution in [2.24, 2.45) is 0 Å². The Bertz CT molecular complexity index is 1250. The van der Waals surface area contributed by atoms with E-state index in [1.807, 2.05) is 36.5 Å². The number of esters is 2. The number of carbonyl (C=O) groups is 2. The molecule has 0 amide bonds. The summed E-state index contributed by atoms with van der Waals surface area (Å²) in [5.74, 6) is -1.06. The Balaban J connectivity index is 4.52. The number of phosphoric acid groups is 1. The van der Waals surface area contributed by atoms with Crippen LogP contribution in [0.2, 0.25) is 0 Å². The van der Waals surface area contributed by atoms with Crippen LogP contribution in [0.4, 0.5) is 0 Å². The van der Waals surface area contributed by atoms with Crippen LogP contribution in [-0.2, 0) is 32.7 Å². The van der Waals surface area contributed by atoms with Gasteiger partial charge >= 0.3 is 19.8 Å². The molecular formula is C46H77O11P. The van der Waals surface area contributed by atoms with E-state index in [4.69, 9.17) is 19.1 Å². The summed E-state index contributed by atoms with van der Waals surface area (Å²) in [6.07, 6.45) is 44.3. The molecule has 58 heavy (non-hydrogen) atoms. The average Bonchev–Trinajstić information content (AvgIpc) is 3.21. The molecule has 0 aromatic rings. The van der Waals surface area contributed by atoms with Gasteiger partial charge in [-0.15, -0.1) is 0 Å². The van der Waals surface area contributed by atoms with Crippen molar-refractivity contribution < 1.29 is 52.9 Å². The van der Waals surface area contributed by atoms with Crippen LogP contribution in [0.5, 0.6) is 0 Å². The number of hydrogen-bond donors (Lipinski definition) is 4. The second-order valence-electron chi connectivity index (χ2n) is 14.2. The molecule has 4 atom stereocenters. The number of hydrogen-bond acceptors (Lipinski definition) is 10. The third-order valence-corrected chi connectivity index (χ3v) is 9.55. The van der Waals surface area contributed by atoms with Gasteiger partial charge in [-0.25, -0.2) is 4.57 Å². The van der Waals surface area contributed by atoms with E-state index in [2.05, 4.69) is 60.9 Å². The summed E-state index contributed by atoms with van der Waals surface area (Å²) in [6, 6.07) is 0. The molecule has 11 nitrogen and oxygen atoms in total. The highest BCUT2D eigenvalue weighted by Gasteiger charge is 2.27. The van der Waals surface area contributed by atoms with Crippen LogP contribution in [-0.4, -0.2) is 76.9 Å². The fourth-order valence-electron chi connectivity index (χ4n) is 5.19. The van der Waals surface area contributed by atoms with E-state index in [1.165, 1.54) is 38.5 Å². The van der Waals surface area contributed by atoms with Gasteiger partial charge in [0.25, 0.3) is 0 Å². The van der Waals surface area contributed by atoms with E-state index >= 15 is 0 Å². The lowest BCUT2D eigenvalue weighted by Crippen LogP contribution is -2.29. The number of aliphatic hydroxyl groups excluding tert-OH is 3. The van der Waals surface area contributed by atoms with Crippen LogP contribution < -0.4 is 0 Å². The summed E-state index contributed by atoms with van der Waals surface area (Å²) < 4.78 is 32.6. The largest absolute Gasteiger partial charge is 0.472 e. The van der Waals surface area contributed by atoms with Gasteiger partial charge in [-0.05, 0) is 83.5 Å². The predicted molar refractivity (Wildman–Crippen MR) is 234 cm³/mol. The molecule has 0 aromatic heterocycles. The molecule has 0 aromatic carbocycles. The maximum absolute atomic E-state index is 12.6. The Morgan fingerprint density at radius 3 is 1.72 bits per heavy atom. The van der Waals surface area contributed by atoms with Gasteiger partial charge in [0.2, 0.25) is 0 Å². The third-order valence-electron chi connectivity index (χ3n) is 8.60. The number of ether oxygens (including phenoxy) is 2. The summed E-state index contributed by atoms with van der Waals surface area (Å²) in [7, 11) is -4.66. The minimum absolute atomic E-state index is 0.124. The fourth-order valence-corrected chi connectivity index (χ4v) is 5.98. The minimum atomic E-state index is -4.66. The molecule has 0 aliphatic rings. The van der Waals surface area contributed by atoms with Crippen LogP contribution in [0, 0.1) is 0 Å². The molecule has 0 heterocycles. The maximum Gasteiger partial charge on any atom is 0.472 e. The zero-order chi connectivity index (χ0) is 42.8. The molecular weight excluding hydrogens is 759 g/mol. The molecule has 0 spiro atoms. The maximum atomic E-state index is 12.6. The van der Waals surface area contributed by atoms with Crippen molar-refractivity contribution >= 4 is 19.8 Å². The molecule has 332 valence electrons. The Kier molecular flexibility index (Phi) is 38.8. The SMILES string of the molecule is CCCCC/C=C\C/C=C\C/C=C\CCCCCCC(=O)O[C@H](COC(=O)CCC/C=C\C/C=C\C=C\[C@H](O)C/C=C\CCCCC)COP(=O)(O)OC[C@@H](O)CO. The molecule has 4 N–H and O–H groups in total. The quantitative estimate of drug-likeness (QED) is 0.0153. The smallest absolute Gasteiger partial charge is 0.462 e. The topological polar surface area (TPSA) is 169 Å². The number of phosphoric ester groups is 1. The molecule has 0 aliphatic carbocycles. The van der Waals surface area contributed by atoms with E-state index in [1.54, 1.807) is 6.08 Å². The first-order valence-corrected chi connectivity index (χ1v) is 23.1. The van der Waals surface area contributed by atoms with Crippen LogP contribution in [0.15, 0.2) is 85.1 Å². The van der Waals surface area contributed by atoms with Crippen molar-refractivity contribution in [3.63, 3.8) is 0 Å². The van der Waals surface area contributed by atoms with Crippen LogP contribution in [0.25, 0.3) is 0 Å². The monoisotopic (exact) mass is 837 g/mol. The van der Waals surface area contributed by atoms with Crippen molar-refractivity contribution in [2.45, 2.75) is 167 Å². The summed E-state index contributed by atoms with van der Waals surface area (Å²) >= 11 is 0. The standard InChI is InChI=1S/C46H77O11P/c1-3-5-7-9-11-12-13-14-15-16-17-18-19-20-25-29-33-37-46(51)57-44(41-56-58(52,53)55-39-43(49)38-47)40-54-45(50)36-32-28-24-22-21-23-27-31-35-42(48)34-30-26-10-8-6-4-2/h11-12,14-15,17-18,22-24,26-27,30-31,35,42-44,47-49H,3-10,13,16,19-21,25,28-29,32-34,36-41H2,1-2H3,(H,52,53)/b12-11-,15-14-,18-17-,24-22-,27-23-,30-26-,35-31+/t42-,43+,44-/m1/s1. The summed E-state index contributed by atoms with van der Waals surface area (Å²) in [5, 5.41) is 28.3. The van der Waals surface area contributed by atoms with E-state index in [0.29, 0.717) is 32.1 Å². The fraction of sp³-hybridized carbons (Fsp3) is 0.652. The molecule has 0 rings (SSSR count). The molecule has 0 saturated heterocycles. The van der Waals surface area contributed by atoms with Crippen molar-refractivity contribution in [2.75, 3.05) is 26.4 Å². The lowest BCUT2D eigenvalue weighted by Gasteiger charge is -2.20. The van der Waals surface area contributed by atoms with Crippen molar-refractivity contribution in [1.29, 1.82) is 0 Å². The minimum Gasteiger partial charge on any atom is -0.462 e. The number of allylic oxidation sites excluding steroid dienone is 12. The van der Waals surface area contributed by atoms with E-state index in [0.717, 1.165) is 51.4 Å². The molecule has 0 bridgehead atoms. The van der Waals surface area contributed by atoms with Gasteiger partial charge in [-0.1, -0.05) is 137 Å². The zero-order valence-electron chi connectivity index (χ0n) is 35.6. The molecule has 0 saturated carbocycles. The number of aliphatic hydroxyl groups is 3. The van der Waals surface area contributed by atoms with Crippen molar-refractivity contribution in [1.82, 2.24) is 0 Å². The van der Waals surface area contributed by atoms with Gasteiger partial charge in [-0.2, -0.15) is 0 Å². The number of carbonyl (C=O) groups excluding carboxylic acids is 2. The van der Waals surface area contributed by atoms with Gasteiger partial charge in [0.1, 0.15) is 12.7 Å². The molecule has 12 heteroatoms. The van der Waals surface area contributed by atoms with E-state index < -0.39 is 57.9 Å². The number of rotatable bonds is 39. The van der Waals surface area contributed by atoms with Gasteiger partial charge < -0.3 is 29.7 Å². The Morgan fingerprint density at radius 2 is 1.10 bits per heavy atom. The number of unbranched alkanes of at least 4 members (excludes halogenated alkanes) is 11. The molecule has 0 fully saturated rings. The molecule has 0 radical (unpaired) electrons. The van der Waals surface area contributed by atoms with Gasteiger partial charge in [0.05, 0.1) is 25.9 Å². The van der Waals surface area contributed by atoms with Gasteiger partial charge in [0.15, 0.2) is 6.10 Å².